The Morgan fingerprint density at radius 2 is 1.90 bits per heavy atom. The van der Waals surface area contributed by atoms with Crippen LogP contribution in [-0.2, 0) is 11.2 Å². The zero-order valence-corrected chi connectivity index (χ0v) is 12.0. The van der Waals surface area contributed by atoms with Crippen molar-refractivity contribution in [1.82, 2.24) is 19.9 Å². The number of carbonyl (C=O) groups excluding carboxylic acids is 1. The van der Waals surface area contributed by atoms with Crippen LogP contribution in [0.4, 0.5) is 0 Å². The maximum Gasteiger partial charge on any atom is 0.223 e. The third kappa shape index (κ3) is 3.04. The molecule has 6 nitrogen and oxygen atoms in total. The van der Waals surface area contributed by atoms with Gasteiger partial charge in [0.05, 0.1) is 19.5 Å². The molecule has 0 atom stereocenters. The van der Waals surface area contributed by atoms with Crippen LogP contribution in [0.25, 0.3) is 0 Å². The van der Waals surface area contributed by atoms with E-state index in [1.807, 2.05) is 29.2 Å². The number of ether oxygens (including phenoxy) is 1. The van der Waals surface area contributed by atoms with E-state index < -0.39 is 0 Å². The lowest BCUT2D eigenvalue weighted by atomic mass is 10.1. The van der Waals surface area contributed by atoms with Gasteiger partial charge in [-0.15, -0.1) is 0 Å². The number of hydrogen-bond acceptors (Lipinski definition) is 4. The second-order valence-corrected chi connectivity index (χ2v) is 5.15. The maximum atomic E-state index is 12.1. The number of nitrogens with zero attached hydrogens (tertiary/aromatic N) is 4. The third-order valence-corrected chi connectivity index (χ3v) is 3.76. The van der Waals surface area contributed by atoms with Gasteiger partial charge in [0.25, 0.3) is 0 Å². The first-order valence-corrected chi connectivity index (χ1v) is 7.03. The summed E-state index contributed by atoms with van der Waals surface area (Å²) in [7, 11) is 1.65. The summed E-state index contributed by atoms with van der Waals surface area (Å²) in [6.45, 7) is 1.41. The Bertz CT molecular complexity index is 589. The Kier molecular flexibility index (Phi) is 3.85. The van der Waals surface area contributed by atoms with Crippen molar-refractivity contribution in [3.8, 4) is 5.75 Å². The third-order valence-electron chi connectivity index (χ3n) is 3.76. The summed E-state index contributed by atoms with van der Waals surface area (Å²) in [6, 6.07) is 8.06. The Labute approximate surface area is 123 Å². The molecule has 0 aliphatic carbocycles. The number of amides is 1. The molecule has 1 fully saturated rings. The van der Waals surface area contributed by atoms with Crippen molar-refractivity contribution >= 4 is 5.91 Å². The molecule has 0 bridgehead atoms. The Morgan fingerprint density at radius 1 is 1.24 bits per heavy atom. The second-order valence-electron chi connectivity index (χ2n) is 5.15. The zero-order valence-electron chi connectivity index (χ0n) is 12.0. The number of likely N-dealkylation sites (tertiary alicyclic amines) is 1. The van der Waals surface area contributed by atoms with Crippen molar-refractivity contribution in [2.24, 2.45) is 0 Å². The molecule has 1 aliphatic rings. The highest BCUT2D eigenvalue weighted by atomic mass is 16.5. The molecule has 110 valence electrons. The van der Waals surface area contributed by atoms with Gasteiger partial charge in [-0.25, -0.2) is 0 Å². The van der Waals surface area contributed by atoms with Crippen LogP contribution in [-0.4, -0.2) is 46.0 Å². The Hall–Kier alpha value is -2.37. The summed E-state index contributed by atoms with van der Waals surface area (Å²) >= 11 is 0. The maximum absolute atomic E-state index is 12.1. The number of aromatic nitrogens is 3. The minimum absolute atomic E-state index is 0.189. The molecule has 1 amide bonds. The molecule has 21 heavy (non-hydrogen) atoms. The fourth-order valence-electron chi connectivity index (χ4n) is 2.42. The quantitative estimate of drug-likeness (QED) is 0.831. The standard InChI is InChI=1S/C15H18N4O2/c1-21-14-5-2-12(3-6-14)4-7-15(20)18-10-13(11-18)19-16-8-9-17-19/h2-3,5-6,8-9,13H,4,7,10-11H2,1H3. The predicted molar refractivity (Wildman–Crippen MR) is 77.0 cm³/mol. The van der Waals surface area contributed by atoms with Gasteiger partial charge in [0, 0.05) is 19.5 Å². The van der Waals surface area contributed by atoms with Gasteiger partial charge in [-0.1, -0.05) is 12.1 Å². The van der Waals surface area contributed by atoms with E-state index in [4.69, 9.17) is 4.74 Å². The van der Waals surface area contributed by atoms with E-state index in [2.05, 4.69) is 10.2 Å². The van der Waals surface area contributed by atoms with Gasteiger partial charge in [-0.3, -0.25) is 4.79 Å². The molecule has 3 rings (SSSR count). The molecule has 0 spiro atoms. The average Bonchev–Trinajstić information content (AvgIpc) is 2.98. The molecule has 2 aromatic rings. The molecular formula is C15H18N4O2. The number of aryl methyl sites for hydroxylation is 1. The SMILES string of the molecule is COc1ccc(CCC(=O)N2CC(n3nccn3)C2)cc1. The van der Waals surface area contributed by atoms with Gasteiger partial charge < -0.3 is 9.64 Å². The lowest BCUT2D eigenvalue weighted by molar-refractivity contribution is -0.137. The van der Waals surface area contributed by atoms with E-state index in [0.29, 0.717) is 19.5 Å². The van der Waals surface area contributed by atoms with Crippen LogP contribution in [0.1, 0.15) is 18.0 Å². The van der Waals surface area contributed by atoms with E-state index >= 15 is 0 Å². The van der Waals surface area contributed by atoms with Crippen molar-refractivity contribution in [3.63, 3.8) is 0 Å². The number of carbonyl (C=O) groups is 1. The number of rotatable bonds is 5. The largest absolute Gasteiger partial charge is 0.497 e. The summed E-state index contributed by atoms with van der Waals surface area (Å²) in [6.07, 6.45) is 4.61. The fraction of sp³-hybridized carbons (Fsp3) is 0.400. The number of methoxy groups -OCH3 is 1. The number of benzene rings is 1. The molecule has 0 unspecified atom stereocenters. The van der Waals surface area contributed by atoms with Crippen molar-refractivity contribution in [1.29, 1.82) is 0 Å². The first kappa shape index (κ1) is 13.6. The zero-order chi connectivity index (χ0) is 14.7. The number of hydrogen-bond donors (Lipinski definition) is 0. The topological polar surface area (TPSA) is 60.2 Å². The van der Waals surface area contributed by atoms with E-state index in [1.165, 1.54) is 0 Å². The molecule has 1 aromatic carbocycles. The highest BCUT2D eigenvalue weighted by Gasteiger charge is 2.32. The van der Waals surface area contributed by atoms with Crippen molar-refractivity contribution in [2.45, 2.75) is 18.9 Å². The summed E-state index contributed by atoms with van der Waals surface area (Å²) in [4.78, 5) is 15.6. The van der Waals surface area contributed by atoms with Crippen LogP contribution in [0.5, 0.6) is 5.75 Å². The normalized spacial score (nSPS) is 14.8. The van der Waals surface area contributed by atoms with Crippen molar-refractivity contribution in [3.05, 3.63) is 42.2 Å². The van der Waals surface area contributed by atoms with E-state index in [9.17, 15) is 4.79 Å². The van der Waals surface area contributed by atoms with Gasteiger partial charge in [-0.2, -0.15) is 15.0 Å². The van der Waals surface area contributed by atoms with E-state index in [-0.39, 0.29) is 11.9 Å². The molecule has 6 heteroatoms. The minimum atomic E-state index is 0.189. The lowest BCUT2D eigenvalue weighted by Gasteiger charge is -2.38. The van der Waals surface area contributed by atoms with E-state index in [0.717, 1.165) is 17.7 Å². The van der Waals surface area contributed by atoms with Crippen molar-refractivity contribution in [2.75, 3.05) is 20.2 Å². The Balaban J connectivity index is 1.45. The Morgan fingerprint density at radius 3 is 2.52 bits per heavy atom. The summed E-state index contributed by atoms with van der Waals surface area (Å²) in [5, 5.41) is 8.20. The molecule has 0 N–H and O–H groups in total. The smallest absolute Gasteiger partial charge is 0.223 e. The summed E-state index contributed by atoms with van der Waals surface area (Å²) in [5.74, 6) is 1.02. The molecule has 0 saturated carbocycles. The summed E-state index contributed by atoms with van der Waals surface area (Å²) in [5.41, 5.74) is 1.15. The molecular weight excluding hydrogens is 268 g/mol. The molecule has 1 aromatic heterocycles. The summed E-state index contributed by atoms with van der Waals surface area (Å²) < 4.78 is 5.12. The molecule has 0 radical (unpaired) electrons. The minimum Gasteiger partial charge on any atom is -0.497 e. The van der Waals surface area contributed by atoms with Gasteiger partial charge in [0.15, 0.2) is 0 Å². The molecule has 1 saturated heterocycles. The lowest BCUT2D eigenvalue weighted by Crippen LogP contribution is -2.51. The van der Waals surface area contributed by atoms with Crippen LogP contribution in [0.2, 0.25) is 0 Å². The van der Waals surface area contributed by atoms with Crippen LogP contribution >= 0.6 is 0 Å². The first-order chi connectivity index (χ1) is 10.3. The highest BCUT2D eigenvalue weighted by molar-refractivity contribution is 5.77. The predicted octanol–water partition coefficient (Wildman–Crippen LogP) is 1.30. The van der Waals surface area contributed by atoms with Crippen molar-refractivity contribution < 1.29 is 9.53 Å². The van der Waals surface area contributed by atoms with Crippen LogP contribution in [0.3, 0.4) is 0 Å². The van der Waals surface area contributed by atoms with Gasteiger partial charge in [-0.05, 0) is 24.1 Å². The van der Waals surface area contributed by atoms with Gasteiger partial charge in [0.1, 0.15) is 11.8 Å². The average molecular weight is 286 g/mol. The molecule has 2 heterocycles. The van der Waals surface area contributed by atoms with Crippen LogP contribution in [0.15, 0.2) is 36.7 Å². The van der Waals surface area contributed by atoms with Crippen LogP contribution < -0.4 is 4.74 Å². The highest BCUT2D eigenvalue weighted by Crippen LogP contribution is 2.20. The second kappa shape index (κ2) is 5.95. The fourth-order valence-corrected chi connectivity index (χ4v) is 2.42. The molecule has 1 aliphatic heterocycles. The van der Waals surface area contributed by atoms with Gasteiger partial charge >= 0.3 is 0 Å². The monoisotopic (exact) mass is 286 g/mol. The first-order valence-electron chi connectivity index (χ1n) is 7.03. The van der Waals surface area contributed by atoms with Crippen LogP contribution in [0, 0.1) is 0 Å². The van der Waals surface area contributed by atoms with E-state index in [1.54, 1.807) is 24.3 Å². The van der Waals surface area contributed by atoms with Gasteiger partial charge in [0.2, 0.25) is 5.91 Å².